The SMILES string of the molecule is Cc1c(Cl)cc(S(=O)(=O)N[C@H]2CCS(=O)(=O)C2)cc1[N+](=O)[O-]. The molecule has 1 aromatic rings. The summed E-state index contributed by atoms with van der Waals surface area (Å²) in [6.45, 7) is 1.41. The number of nitro benzene ring substituents is 1. The van der Waals surface area contributed by atoms with Gasteiger partial charge in [0.2, 0.25) is 10.0 Å². The molecule has 1 saturated heterocycles. The number of rotatable bonds is 4. The molecule has 22 heavy (non-hydrogen) atoms. The van der Waals surface area contributed by atoms with E-state index in [-0.39, 0.29) is 33.4 Å². The molecule has 8 nitrogen and oxygen atoms in total. The Hall–Kier alpha value is -1.23. The summed E-state index contributed by atoms with van der Waals surface area (Å²) in [5.74, 6) is -0.372. The third-order valence-corrected chi connectivity index (χ3v) is 7.01. The van der Waals surface area contributed by atoms with Gasteiger partial charge in [-0.1, -0.05) is 11.6 Å². The van der Waals surface area contributed by atoms with Crippen LogP contribution in [0.4, 0.5) is 5.69 Å². The Labute approximate surface area is 132 Å². The van der Waals surface area contributed by atoms with E-state index < -0.39 is 36.5 Å². The number of benzene rings is 1. The first-order valence-electron chi connectivity index (χ1n) is 6.19. The number of nitrogens with zero attached hydrogens (tertiary/aromatic N) is 1. The van der Waals surface area contributed by atoms with Crippen LogP contribution in [0.5, 0.6) is 0 Å². The third-order valence-electron chi connectivity index (χ3n) is 3.35. The summed E-state index contributed by atoms with van der Waals surface area (Å²) in [5.41, 5.74) is -0.249. The van der Waals surface area contributed by atoms with E-state index in [1.54, 1.807) is 0 Å². The molecule has 1 fully saturated rings. The average molecular weight is 369 g/mol. The van der Waals surface area contributed by atoms with Crippen molar-refractivity contribution in [3.05, 3.63) is 32.8 Å². The van der Waals surface area contributed by atoms with Gasteiger partial charge in [-0.3, -0.25) is 10.1 Å². The molecule has 0 unspecified atom stereocenters. The summed E-state index contributed by atoms with van der Waals surface area (Å²) in [4.78, 5) is 9.85. The number of sulfonamides is 1. The summed E-state index contributed by atoms with van der Waals surface area (Å²) in [7, 11) is -7.34. The molecule has 0 saturated carbocycles. The molecule has 2 rings (SSSR count). The van der Waals surface area contributed by atoms with Gasteiger partial charge >= 0.3 is 0 Å². The standard InChI is InChI=1S/C11H13ClN2O6S2/c1-7-10(12)4-9(5-11(7)14(15)16)22(19,20)13-8-2-3-21(17,18)6-8/h4-5,8,13H,2-3,6H2,1H3/t8-/m0/s1. The zero-order chi connectivity index (χ0) is 16.7. The largest absolute Gasteiger partial charge is 0.275 e. The van der Waals surface area contributed by atoms with Gasteiger partial charge in [-0.2, -0.15) is 0 Å². The molecular weight excluding hydrogens is 356 g/mol. The minimum absolute atomic E-state index is 0.0476. The number of nitro groups is 1. The molecule has 0 amide bonds. The molecular formula is C11H13ClN2O6S2. The van der Waals surface area contributed by atoms with Crippen molar-refractivity contribution in [2.75, 3.05) is 11.5 Å². The first kappa shape index (κ1) is 17.1. The molecule has 1 N–H and O–H groups in total. The van der Waals surface area contributed by atoms with E-state index in [1.807, 2.05) is 0 Å². The van der Waals surface area contributed by atoms with Crippen LogP contribution in [-0.2, 0) is 19.9 Å². The average Bonchev–Trinajstić information content (AvgIpc) is 2.70. The highest BCUT2D eigenvalue weighted by molar-refractivity contribution is 7.92. The summed E-state index contributed by atoms with van der Waals surface area (Å²) in [5, 5.41) is 10.9. The fourth-order valence-corrected chi connectivity index (χ4v) is 5.53. The summed E-state index contributed by atoms with van der Waals surface area (Å²) in [6, 6.07) is 1.27. The van der Waals surface area contributed by atoms with Crippen molar-refractivity contribution in [2.24, 2.45) is 0 Å². The maximum Gasteiger partial charge on any atom is 0.275 e. The lowest BCUT2D eigenvalue weighted by molar-refractivity contribution is -0.385. The maximum absolute atomic E-state index is 12.3. The van der Waals surface area contributed by atoms with E-state index in [4.69, 9.17) is 11.6 Å². The zero-order valence-electron chi connectivity index (χ0n) is 11.4. The minimum Gasteiger partial charge on any atom is -0.258 e. The highest BCUT2D eigenvalue weighted by Gasteiger charge is 2.32. The second-order valence-electron chi connectivity index (χ2n) is 5.03. The van der Waals surface area contributed by atoms with Gasteiger partial charge < -0.3 is 0 Å². The van der Waals surface area contributed by atoms with E-state index in [0.29, 0.717) is 0 Å². The van der Waals surface area contributed by atoms with Crippen LogP contribution in [0, 0.1) is 17.0 Å². The van der Waals surface area contributed by atoms with Crippen molar-refractivity contribution in [2.45, 2.75) is 24.3 Å². The Morgan fingerprint density at radius 1 is 1.41 bits per heavy atom. The summed E-state index contributed by atoms with van der Waals surface area (Å²) in [6.07, 6.45) is 0.170. The monoisotopic (exact) mass is 368 g/mol. The van der Waals surface area contributed by atoms with E-state index in [1.165, 1.54) is 6.92 Å². The highest BCUT2D eigenvalue weighted by Crippen LogP contribution is 2.29. The van der Waals surface area contributed by atoms with E-state index in [9.17, 15) is 26.9 Å². The van der Waals surface area contributed by atoms with Crippen LogP contribution >= 0.6 is 11.6 Å². The predicted octanol–water partition coefficient (Wildman–Crippen LogP) is 1.02. The van der Waals surface area contributed by atoms with Crippen molar-refractivity contribution >= 4 is 37.1 Å². The van der Waals surface area contributed by atoms with Gasteiger partial charge in [-0.15, -0.1) is 0 Å². The fourth-order valence-electron chi connectivity index (χ4n) is 2.16. The second kappa shape index (κ2) is 5.76. The highest BCUT2D eigenvalue weighted by atomic mass is 35.5. The molecule has 11 heteroatoms. The zero-order valence-corrected chi connectivity index (χ0v) is 13.8. The minimum atomic E-state index is -4.09. The third kappa shape index (κ3) is 3.57. The van der Waals surface area contributed by atoms with Crippen LogP contribution in [0.15, 0.2) is 17.0 Å². The number of sulfone groups is 1. The van der Waals surface area contributed by atoms with Crippen LogP contribution in [0.2, 0.25) is 5.02 Å². The second-order valence-corrected chi connectivity index (χ2v) is 9.38. The van der Waals surface area contributed by atoms with Gasteiger partial charge in [0.05, 0.1) is 26.3 Å². The Morgan fingerprint density at radius 2 is 2.05 bits per heavy atom. The quantitative estimate of drug-likeness (QED) is 0.625. The summed E-state index contributed by atoms with van der Waals surface area (Å²) < 4.78 is 49.5. The molecule has 1 aromatic carbocycles. The van der Waals surface area contributed by atoms with Crippen LogP contribution in [0.25, 0.3) is 0 Å². The molecule has 1 heterocycles. The van der Waals surface area contributed by atoms with Crippen LogP contribution in [-0.4, -0.2) is 39.3 Å². The number of hydrogen-bond donors (Lipinski definition) is 1. The molecule has 0 radical (unpaired) electrons. The molecule has 122 valence electrons. The molecule has 0 aliphatic carbocycles. The van der Waals surface area contributed by atoms with E-state index in [0.717, 1.165) is 12.1 Å². The van der Waals surface area contributed by atoms with Gasteiger partial charge in [0.25, 0.3) is 5.69 Å². The van der Waals surface area contributed by atoms with Crippen LogP contribution < -0.4 is 4.72 Å². The lowest BCUT2D eigenvalue weighted by atomic mass is 10.2. The molecule has 0 spiro atoms. The molecule has 1 atom stereocenters. The first-order chi connectivity index (χ1) is 10.0. The molecule has 0 bridgehead atoms. The Morgan fingerprint density at radius 3 is 2.55 bits per heavy atom. The first-order valence-corrected chi connectivity index (χ1v) is 9.87. The van der Waals surface area contributed by atoms with E-state index >= 15 is 0 Å². The molecule has 0 aromatic heterocycles. The lowest BCUT2D eigenvalue weighted by Gasteiger charge is -2.12. The predicted molar refractivity (Wildman–Crippen MR) is 80.2 cm³/mol. The molecule has 1 aliphatic heterocycles. The normalized spacial score (nSPS) is 20.9. The Bertz CT molecular complexity index is 834. The Balaban J connectivity index is 2.36. The molecule has 1 aliphatic rings. The summed E-state index contributed by atoms with van der Waals surface area (Å²) >= 11 is 5.84. The van der Waals surface area contributed by atoms with Crippen molar-refractivity contribution in [3.63, 3.8) is 0 Å². The fraction of sp³-hybridized carbons (Fsp3) is 0.455. The smallest absolute Gasteiger partial charge is 0.258 e. The van der Waals surface area contributed by atoms with Crippen LogP contribution in [0.3, 0.4) is 0 Å². The number of nitrogens with one attached hydrogen (secondary N) is 1. The van der Waals surface area contributed by atoms with Gasteiger partial charge in [0.15, 0.2) is 9.84 Å². The van der Waals surface area contributed by atoms with Gasteiger partial charge in [0.1, 0.15) is 0 Å². The number of hydrogen-bond acceptors (Lipinski definition) is 6. The van der Waals surface area contributed by atoms with E-state index in [2.05, 4.69) is 4.72 Å². The lowest BCUT2D eigenvalue weighted by Crippen LogP contribution is -2.35. The van der Waals surface area contributed by atoms with Crippen molar-refractivity contribution in [3.8, 4) is 0 Å². The van der Waals surface area contributed by atoms with Crippen molar-refractivity contribution < 1.29 is 21.8 Å². The number of halogens is 1. The maximum atomic E-state index is 12.3. The van der Waals surface area contributed by atoms with Crippen molar-refractivity contribution in [1.29, 1.82) is 0 Å². The van der Waals surface area contributed by atoms with Gasteiger partial charge in [0, 0.05) is 17.7 Å². The van der Waals surface area contributed by atoms with Gasteiger partial charge in [-0.05, 0) is 19.4 Å². The topological polar surface area (TPSA) is 123 Å². The van der Waals surface area contributed by atoms with Crippen LogP contribution in [0.1, 0.15) is 12.0 Å². The Kier molecular flexibility index (Phi) is 4.49. The van der Waals surface area contributed by atoms with Crippen molar-refractivity contribution in [1.82, 2.24) is 4.72 Å². The van der Waals surface area contributed by atoms with Gasteiger partial charge in [-0.25, -0.2) is 21.6 Å².